The molecule has 8 heteroatoms. The molecule has 0 aliphatic carbocycles. The second kappa shape index (κ2) is 7.61. The zero-order valence-electron chi connectivity index (χ0n) is 14.5. The average molecular weight is 378 g/mol. The number of nitrogens with one attached hydrogen (secondary N) is 1. The molecule has 140 valence electrons. The number of hydrogen-bond donors (Lipinski definition) is 2. The molecule has 7 nitrogen and oxygen atoms in total. The second-order valence-electron chi connectivity index (χ2n) is 6.45. The van der Waals surface area contributed by atoms with E-state index in [1.165, 1.54) is 12.5 Å². The van der Waals surface area contributed by atoms with Crippen molar-refractivity contribution in [3.8, 4) is 0 Å². The monoisotopic (exact) mass is 378 g/mol. The maximum atomic E-state index is 12.5. The molecule has 0 fully saturated rings. The number of rotatable bonds is 6. The van der Waals surface area contributed by atoms with Gasteiger partial charge in [0.1, 0.15) is 6.26 Å². The average Bonchev–Trinajstić information content (AvgIpc) is 3.14. The summed E-state index contributed by atoms with van der Waals surface area (Å²) in [5.41, 5.74) is 2.35. The summed E-state index contributed by atoms with van der Waals surface area (Å²) < 4.78 is 32.3. The van der Waals surface area contributed by atoms with E-state index < -0.39 is 16.1 Å². The number of aliphatic hydroxyl groups excluding tert-OH is 1. The Hall–Kier alpha value is -2.16. The Bertz CT molecular complexity index is 875. The normalized spacial score (nSPS) is 15.5. The maximum Gasteiger partial charge on any atom is 0.257 e. The van der Waals surface area contributed by atoms with Gasteiger partial charge in [0.25, 0.3) is 5.91 Å². The van der Waals surface area contributed by atoms with E-state index in [1.807, 2.05) is 0 Å². The van der Waals surface area contributed by atoms with Crippen molar-refractivity contribution in [1.82, 2.24) is 9.62 Å². The quantitative estimate of drug-likeness (QED) is 0.794. The minimum Gasteiger partial charge on any atom is -0.472 e. The Kier molecular flexibility index (Phi) is 5.45. The van der Waals surface area contributed by atoms with Crippen molar-refractivity contribution in [2.24, 2.45) is 0 Å². The van der Waals surface area contributed by atoms with Gasteiger partial charge < -0.3 is 14.4 Å². The minimum atomic E-state index is -3.65. The number of carbonyl (C=O) groups excluding carboxylic acids is 1. The number of sulfonamides is 1. The molecule has 0 bridgehead atoms. The molecule has 2 aromatic rings. The number of nitrogens with zero attached hydrogens (tertiary/aromatic N) is 1. The third kappa shape index (κ3) is 4.14. The van der Waals surface area contributed by atoms with E-state index >= 15 is 0 Å². The fourth-order valence-corrected chi connectivity index (χ4v) is 4.03. The molecule has 1 aromatic heterocycles. The Morgan fingerprint density at radius 2 is 2.15 bits per heavy atom. The van der Waals surface area contributed by atoms with Crippen LogP contribution in [-0.2, 0) is 23.0 Å². The van der Waals surface area contributed by atoms with Crippen LogP contribution in [0, 0.1) is 0 Å². The van der Waals surface area contributed by atoms with Gasteiger partial charge in [-0.3, -0.25) is 4.79 Å². The molecule has 1 aliphatic rings. The van der Waals surface area contributed by atoms with Crippen molar-refractivity contribution < 1.29 is 22.7 Å². The van der Waals surface area contributed by atoms with Gasteiger partial charge in [-0.1, -0.05) is 6.07 Å². The Morgan fingerprint density at radius 3 is 2.85 bits per heavy atom. The highest BCUT2D eigenvalue weighted by atomic mass is 32.2. The lowest BCUT2D eigenvalue weighted by atomic mass is 9.99. The van der Waals surface area contributed by atoms with Gasteiger partial charge in [0, 0.05) is 19.6 Å². The van der Waals surface area contributed by atoms with Crippen LogP contribution in [0.15, 0.2) is 46.1 Å². The lowest BCUT2D eigenvalue weighted by Crippen LogP contribution is -2.36. The van der Waals surface area contributed by atoms with Crippen LogP contribution in [0.2, 0.25) is 0 Å². The van der Waals surface area contributed by atoms with Crippen LogP contribution in [0.4, 0.5) is 0 Å². The molecule has 1 atom stereocenters. The standard InChI is InChI=1S/C18H22N2O5S/c1-13(21)4-7-19-26(23,24)17-3-2-14-5-8-20(11-16(14)10-17)18(22)15-6-9-25-12-15/h2-3,6,9-10,12-13,19,21H,4-5,7-8,11H2,1H3/t13-/m0/s1. The van der Waals surface area contributed by atoms with Gasteiger partial charge in [0.2, 0.25) is 10.0 Å². The molecule has 0 radical (unpaired) electrons. The van der Waals surface area contributed by atoms with E-state index in [-0.39, 0.29) is 17.3 Å². The van der Waals surface area contributed by atoms with E-state index in [9.17, 15) is 18.3 Å². The first-order valence-electron chi connectivity index (χ1n) is 8.48. The molecule has 2 N–H and O–H groups in total. The van der Waals surface area contributed by atoms with Crippen LogP contribution in [-0.4, -0.2) is 43.5 Å². The van der Waals surface area contributed by atoms with Gasteiger partial charge in [-0.15, -0.1) is 0 Å². The first-order valence-corrected chi connectivity index (χ1v) is 9.96. The summed E-state index contributed by atoms with van der Waals surface area (Å²) in [4.78, 5) is 14.3. The van der Waals surface area contributed by atoms with E-state index in [0.29, 0.717) is 31.5 Å². The number of aliphatic hydroxyl groups is 1. The van der Waals surface area contributed by atoms with Gasteiger partial charge in [-0.2, -0.15) is 0 Å². The van der Waals surface area contributed by atoms with Crippen LogP contribution < -0.4 is 4.72 Å². The second-order valence-corrected chi connectivity index (χ2v) is 8.22. The Labute approximate surface area is 152 Å². The highest BCUT2D eigenvalue weighted by Gasteiger charge is 2.24. The summed E-state index contributed by atoms with van der Waals surface area (Å²) in [5.74, 6) is -0.132. The molecule has 2 heterocycles. The Balaban J connectivity index is 1.76. The largest absolute Gasteiger partial charge is 0.472 e. The van der Waals surface area contributed by atoms with Gasteiger partial charge in [-0.05, 0) is 49.1 Å². The van der Waals surface area contributed by atoms with Crippen molar-refractivity contribution >= 4 is 15.9 Å². The van der Waals surface area contributed by atoms with Crippen LogP contribution in [0.1, 0.15) is 34.8 Å². The maximum absolute atomic E-state index is 12.5. The molecule has 1 aliphatic heterocycles. The lowest BCUT2D eigenvalue weighted by molar-refractivity contribution is 0.0734. The van der Waals surface area contributed by atoms with Gasteiger partial charge in [-0.25, -0.2) is 13.1 Å². The first kappa shape index (κ1) is 18.6. The summed E-state index contributed by atoms with van der Waals surface area (Å²) in [5, 5.41) is 9.26. The molecule has 26 heavy (non-hydrogen) atoms. The number of carbonyl (C=O) groups is 1. The van der Waals surface area contributed by atoms with Crippen molar-refractivity contribution in [3.63, 3.8) is 0 Å². The van der Waals surface area contributed by atoms with E-state index in [1.54, 1.807) is 36.1 Å². The smallest absolute Gasteiger partial charge is 0.257 e. The summed E-state index contributed by atoms with van der Waals surface area (Å²) in [6, 6.07) is 6.62. The van der Waals surface area contributed by atoms with Crippen molar-refractivity contribution in [3.05, 3.63) is 53.5 Å². The van der Waals surface area contributed by atoms with Crippen LogP contribution in [0.5, 0.6) is 0 Å². The van der Waals surface area contributed by atoms with Gasteiger partial charge >= 0.3 is 0 Å². The number of furan rings is 1. The van der Waals surface area contributed by atoms with Crippen LogP contribution in [0.3, 0.4) is 0 Å². The topological polar surface area (TPSA) is 99.9 Å². The van der Waals surface area contributed by atoms with Crippen molar-refractivity contribution in [2.45, 2.75) is 37.3 Å². The minimum absolute atomic E-state index is 0.132. The number of fused-ring (bicyclic) bond motifs is 1. The summed E-state index contributed by atoms with van der Waals surface area (Å²) in [6.45, 7) is 2.72. The molecular weight excluding hydrogens is 356 g/mol. The fourth-order valence-electron chi connectivity index (χ4n) is 2.93. The summed E-state index contributed by atoms with van der Waals surface area (Å²) in [6.07, 6.45) is 3.31. The summed E-state index contributed by atoms with van der Waals surface area (Å²) >= 11 is 0. The fraction of sp³-hybridized carbons (Fsp3) is 0.389. The molecule has 0 unspecified atom stereocenters. The third-order valence-corrected chi connectivity index (χ3v) is 5.87. The zero-order valence-corrected chi connectivity index (χ0v) is 15.3. The van der Waals surface area contributed by atoms with Crippen LogP contribution in [0.25, 0.3) is 0 Å². The number of hydrogen-bond acceptors (Lipinski definition) is 5. The zero-order chi connectivity index (χ0) is 18.7. The van der Waals surface area contributed by atoms with E-state index in [4.69, 9.17) is 4.42 Å². The molecule has 0 saturated carbocycles. The van der Waals surface area contributed by atoms with E-state index in [2.05, 4.69) is 4.72 Å². The Morgan fingerprint density at radius 1 is 1.35 bits per heavy atom. The molecule has 1 aromatic carbocycles. The highest BCUT2D eigenvalue weighted by Crippen LogP contribution is 2.24. The summed E-state index contributed by atoms with van der Waals surface area (Å²) in [7, 11) is -3.65. The molecule has 3 rings (SSSR count). The predicted molar refractivity (Wildman–Crippen MR) is 95.1 cm³/mol. The van der Waals surface area contributed by atoms with Crippen molar-refractivity contribution in [1.29, 1.82) is 0 Å². The lowest BCUT2D eigenvalue weighted by Gasteiger charge is -2.29. The number of benzene rings is 1. The molecule has 1 amide bonds. The molecule has 0 spiro atoms. The molecule has 0 saturated heterocycles. The van der Waals surface area contributed by atoms with Gasteiger partial charge in [0.05, 0.1) is 22.8 Å². The first-order chi connectivity index (χ1) is 12.4. The van der Waals surface area contributed by atoms with Crippen molar-refractivity contribution in [2.75, 3.05) is 13.1 Å². The SMILES string of the molecule is C[C@H](O)CCNS(=O)(=O)c1ccc2c(c1)CN(C(=O)c1ccoc1)CC2. The van der Waals surface area contributed by atoms with E-state index in [0.717, 1.165) is 11.1 Å². The van der Waals surface area contributed by atoms with Crippen LogP contribution >= 0.6 is 0 Å². The highest BCUT2D eigenvalue weighted by molar-refractivity contribution is 7.89. The molecular formula is C18H22N2O5S. The van der Waals surface area contributed by atoms with Gasteiger partial charge in [0.15, 0.2) is 0 Å². The third-order valence-electron chi connectivity index (χ3n) is 4.41. The predicted octanol–water partition coefficient (Wildman–Crippen LogP) is 1.53. The number of amides is 1.